The third kappa shape index (κ3) is 6.02. The molecule has 1 aromatic heterocycles. The second kappa shape index (κ2) is 9.58. The van der Waals surface area contributed by atoms with Crippen LogP contribution in [0.4, 0.5) is 0 Å². The minimum absolute atomic E-state index is 0. The van der Waals surface area contributed by atoms with Crippen molar-refractivity contribution in [2.45, 2.75) is 6.54 Å². The Morgan fingerprint density at radius 1 is 1.33 bits per heavy atom. The number of morpholine rings is 1. The normalized spacial score (nSPS) is 15.8. The Bertz CT molecular complexity index is 316. The number of aryl methyl sites for hydroxylation is 1. The largest absolute Gasteiger partial charge is 0.379 e. The number of halogens is 2. The second-order valence-electron chi connectivity index (χ2n) is 4.11. The molecule has 0 atom stereocenters. The van der Waals surface area contributed by atoms with Gasteiger partial charge in [0, 0.05) is 46.0 Å². The van der Waals surface area contributed by atoms with E-state index in [0.29, 0.717) is 0 Å². The van der Waals surface area contributed by atoms with Gasteiger partial charge in [-0.2, -0.15) is 5.10 Å². The molecular formula is C11H22Cl2N4O. The van der Waals surface area contributed by atoms with Crippen LogP contribution in [0.3, 0.4) is 0 Å². The smallest absolute Gasteiger partial charge is 0.0762 e. The zero-order valence-corrected chi connectivity index (χ0v) is 12.3. The second-order valence-corrected chi connectivity index (χ2v) is 4.11. The van der Waals surface area contributed by atoms with Gasteiger partial charge in [0.1, 0.15) is 0 Å². The van der Waals surface area contributed by atoms with Gasteiger partial charge >= 0.3 is 0 Å². The van der Waals surface area contributed by atoms with Gasteiger partial charge in [-0.3, -0.25) is 9.58 Å². The topological polar surface area (TPSA) is 42.3 Å². The molecule has 2 heterocycles. The SMILES string of the molecule is Cl.Cl.Cn1ccc(CNCCN2CCOCC2)n1. The highest BCUT2D eigenvalue weighted by Gasteiger charge is 2.08. The molecule has 0 bridgehead atoms. The lowest BCUT2D eigenvalue weighted by molar-refractivity contribution is 0.0384. The first kappa shape index (κ1) is 17.7. The molecule has 0 spiro atoms. The Balaban J connectivity index is 0.00000144. The van der Waals surface area contributed by atoms with E-state index >= 15 is 0 Å². The number of hydrogen-bond acceptors (Lipinski definition) is 4. The Morgan fingerprint density at radius 3 is 2.67 bits per heavy atom. The van der Waals surface area contributed by atoms with Crippen LogP contribution in [0, 0.1) is 0 Å². The molecule has 5 nitrogen and oxygen atoms in total. The van der Waals surface area contributed by atoms with Crippen molar-refractivity contribution < 1.29 is 4.74 Å². The summed E-state index contributed by atoms with van der Waals surface area (Å²) in [6.07, 6.45) is 1.97. The maximum absolute atomic E-state index is 5.30. The number of aromatic nitrogens is 2. The van der Waals surface area contributed by atoms with Gasteiger partial charge in [0.15, 0.2) is 0 Å². The molecule has 1 N–H and O–H groups in total. The molecule has 2 rings (SSSR count). The van der Waals surface area contributed by atoms with Crippen molar-refractivity contribution in [3.05, 3.63) is 18.0 Å². The summed E-state index contributed by atoms with van der Waals surface area (Å²) in [5.74, 6) is 0. The van der Waals surface area contributed by atoms with Crippen molar-refractivity contribution in [1.82, 2.24) is 20.0 Å². The standard InChI is InChI=1S/C11H20N4O.2ClH/c1-14-4-2-11(13-14)10-12-3-5-15-6-8-16-9-7-15;;/h2,4,12H,3,5-10H2,1H3;2*1H. The molecule has 1 aliphatic rings. The molecule has 1 aliphatic heterocycles. The van der Waals surface area contributed by atoms with Gasteiger partial charge in [-0.05, 0) is 6.07 Å². The lowest BCUT2D eigenvalue weighted by atomic mass is 10.4. The molecule has 0 radical (unpaired) electrons. The van der Waals surface area contributed by atoms with E-state index in [-0.39, 0.29) is 24.8 Å². The Labute approximate surface area is 121 Å². The van der Waals surface area contributed by atoms with Crippen LogP contribution >= 0.6 is 24.8 Å². The first-order valence-corrected chi connectivity index (χ1v) is 5.84. The Morgan fingerprint density at radius 2 is 2.06 bits per heavy atom. The molecule has 1 fully saturated rings. The van der Waals surface area contributed by atoms with Crippen LogP contribution in [0.25, 0.3) is 0 Å². The molecule has 0 unspecified atom stereocenters. The number of nitrogens with one attached hydrogen (secondary N) is 1. The quantitative estimate of drug-likeness (QED) is 0.812. The van der Waals surface area contributed by atoms with Crippen molar-refractivity contribution in [3.8, 4) is 0 Å². The molecule has 0 aromatic carbocycles. The minimum Gasteiger partial charge on any atom is -0.379 e. The summed E-state index contributed by atoms with van der Waals surface area (Å²) in [5, 5.41) is 7.72. The van der Waals surface area contributed by atoms with E-state index in [0.717, 1.165) is 51.6 Å². The average molecular weight is 297 g/mol. The molecule has 0 saturated carbocycles. The van der Waals surface area contributed by atoms with E-state index in [2.05, 4.69) is 15.3 Å². The van der Waals surface area contributed by atoms with Crippen LogP contribution in [-0.2, 0) is 18.3 Å². The van der Waals surface area contributed by atoms with Crippen LogP contribution < -0.4 is 5.32 Å². The van der Waals surface area contributed by atoms with Gasteiger partial charge < -0.3 is 10.1 Å². The van der Waals surface area contributed by atoms with Gasteiger partial charge in [0.2, 0.25) is 0 Å². The maximum Gasteiger partial charge on any atom is 0.0762 e. The summed E-state index contributed by atoms with van der Waals surface area (Å²) in [4.78, 5) is 2.43. The summed E-state index contributed by atoms with van der Waals surface area (Å²) < 4.78 is 7.14. The highest BCUT2D eigenvalue weighted by Crippen LogP contribution is 1.96. The predicted molar refractivity (Wildman–Crippen MR) is 76.7 cm³/mol. The summed E-state index contributed by atoms with van der Waals surface area (Å²) in [7, 11) is 1.94. The predicted octanol–water partition coefficient (Wildman–Crippen LogP) is 0.685. The van der Waals surface area contributed by atoms with E-state index in [1.54, 1.807) is 0 Å². The van der Waals surface area contributed by atoms with E-state index in [1.807, 2.05) is 24.0 Å². The summed E-state index contributed by atoms with van der Waals surface area (Å²) in [6, 6.07) is 2.04. The molecule has 1 saturated heterocycles. The minimum atomic E-state index is 0. The zero-order valence-electron chi connectivity index (χ0n) is 10.7. The lowest BCUT2D eigenvalue weighted by Crippen LogP contribution is -2.40. The maximum atomic E-state index is 5.30. The molecule has 18 heavy (non-hydrogen) atoms. The highest BCUT2D eigenvalue weighted by molar-refractivity contribution is 5.85. The van der Waals surface area contributed by atoms with Crippen molar-refractivity contribution >= 4 is 24.8 Å². The third-order valence-electron chi connectivity index (χ3n) is 2.78. The van der Waals surface area contributed by atoms with E-state index in [4.69, 9.17) is 4.74 Å². The summed E-state index contributed by atoms with van der Waals surface area (Å²) >= 11 is 0. The lowest BCUT2D eigenvalue weighted by Gasteiger charge is -2.26. The van der Waals surface area contributed by atoms with Gasteiger partial charge in [-0.25, -0.2) is 0 Å². The van der Waals surface area contributed by atoms with Gasteiger partial charge in [0.05, 0.1) is 18.9 Å². The number of hydrogen-bond donors (Lipinski definition) is 1. The van der Waals surface area contributed by atoms with Gasteiger partial charge in [-0.1, -0.05) is 0 Å². The van der Waals surface area contributed by atoms with Crippen LogP contribution in [0.5, 0.6) is 0 Å². The molecule has 1 aromatic rings. The summed E-state index contributed by atoms with van der Waals surface area (Å²) in [5.41, 5.74) is 1.10. The Kier molecular flexibility index (Phi) is 9.40. The van der Waals surface area contributed by atoms with E-state index < -0.39 is 0 Å². The number of ether oxygens (including phenoxy) is 1. The van der Waals surface area contributed by atoms with Crippen molar-refractivity contribution in [2.24, 2.45) is 7.05 Å². The van der Waals surface area contributed by atoms with Crippen molar-refractivity contribution in [3.63, 3.8) is 0 Å². The number of nitrogens with zero attached hydrogens (tertiary/aromatic N) is 3. The highest BCUT2D eigenvalue weighted by atomic mass is 35.5. The Hall–Kier alpha value is -0.330. The molecule has 0 amide bonds. The monoisotopic (exact) mass is 296 g/mol. The fourth-order valence-corrected chi connectivity index (χ4v) is 1.84. The third-order valence-corrected chi connectivity index (χ3v) is 2.78. The van der Waals surface area contributed by atoms with Crippen molar-refractivity contribution in [1.29, 1.82) is 0 Å². The fraction of sp³-hybridized carbons (Fsp3) is 0.727. The molecule has 0 aliphatic carbocycles. The molecular weight excluding hydrogens is 275 g/mol. The van der Waals surface area contributed by atoms with Crippen LogP contribution in [0.15, 0.2) is 12.3 Å². The fourth-order valence-electron chi connectivity index (χ4n) is 1.84. The van der Waals surface area contributed by atoms with Crippen LogP contribution in [0.1, 0.15) is 5.69 Å². The number of rotatable bonds is 5. The first-order valence-electron chi connectivity index (χ1n) is 5.84. The van der Waals surface area contributed by atoms with Gasteiger partial charge in [0.25, 0.3) is 0 Å². The van der Waals surface area contributed by atoms with Crippen LogP contribution in [-0.4, -0.2) is 54.1 Å². The summed E-state index contributed by atoms with van der Waals surface area (Å²) in [6.45, 7) is 6.83. The first-order chi connectivity index (χ1) is 7.84. The van der Waals surface area contributed by atoms with Gasteiger partial charge in [-0.15, -0.1) is 24.8 Å². The molecule has 106 valence electrons. The van der Waals surface area contributed by atoms with E-state index in [9.17, 15) is 0 Å². The van der Waals surface area contributed by atoms with Crippen LogP contribution in [0.2, 0.25) is 0 Å². The average Bonchev–Trinajstić information content (AvgIpc) is 2.72. The molecule has 7 heteroatoms. The zero-order chi connectivity index (χ0) is 11.2. The van der Waals surface area contributed by atoms with Crippen molar-refractivity contribution in [2.75, 3.05) is 39.4 Å². The van der Waals surface area contributed by atoms with E-state index in [1.165, 1.54) is 0 Å².